The summed E-state index contributed by atoms with van der Waals surface area (Å²) in [5.41, 5.74) is 1.70. The third-order valence-electron chi connectivity index (χ3n) is 6.71. The van der Waals surface area contributed by atoms with Gasteiger partial charge in [0.2, 0.25) is 0 Å². The van der Waals surface area contributed by atoms with Gasteiger partial charge >= 0.3 is 6.09 Å². The van der Waals surface area contributed by atoms with Gasteiger partial charge in [0, 0.05) is 30.1 Å². The van der Waals surface area contributed by atoms with E-state index < -0.39 is 0 Å². The zero-order valence-corrected chi connectivity index (χ0v) is 19.6. The van der Waals surface area contributed by atoms with Crippen LogP contribution in [0.1, 0.15) is 48.0 Å². The molecular weight excluding hydrogens is 416 g/mol. The van der Waals surface area contributed by atoms with Gasteiger partial charge in [0.25, 0.3) is 0 Å². The zero-order chi connectivity index (χ0) is 23.2. The number of Topliss-reactive ketones (excluding diaryl/α,β-unsaturated/α-hetero) is 1. The Morgan fingerprint density at radius 2 is 1.64 bits per heavy atom. The summed E-state index contributed by atoms with van der Waals surface area (Å²) >= 11 is 0. The zero-order valence-electron chi connectivity index (χ0n) is 19.6. The molecule has 2 saturated heterocycles. The molecule has 6 nitrogen and oxygen atoms in total. The maximum Gasteiger partial charge on any atom is 0.410 e. The van der Waals surface area contributed by atoms with Crippen LogP contribution in [-0.4, -0.2) is 61.0 Å². The first-order valence-corrected chi connectivity index (χ1v) is 11.9. The van der Waals surface area contributed by atoms with Crippen LogP contribution in [0.4, 0.5) is 4.79 Å². The van der Waals surface area contributed by atoms with Crippen molar-refractivity contribution in [2.75, 3.05) is 27.2 Å². The number of fused-ring (bicyclic) bond motifs is 2. The van der Waals surface area contributed by atoms with Crippen molar-refractivity contribution in [3.05, 3.63) is 65.7 Å². The molecule has 2 aliphatic heterocycles. The summed E-state index contributed by atoms with van der Waals surface area (Å²) in [6, 6.07) is 17.4. The van der Waals surface area contributed by atoms with E-state index in [0.717, 1.165) is 42.7 Å². The number of carbonyl (C=O) groups is 2. The van der Waals surface area contributed by atoms with Gasteiger partial charge in [-0.25, -0.2) is 4.79 Å². The van der Waals surface area contributed by atoms with Gasteiger partial charge in [0.1, 0.15) is 19.0 Å². The highest BCUT2D eigenvalue weighted by molar-refractivity contribution is 5.98. The number of hydrogen-bond donors (Lipinski definition) is 0. The van der Waals surface area contributed by atoms with Crippen LogP contribution >= 0.6 is 0 Å². The van der Waals surface area contributed by atoms with Gasteiger partial charge in [-0.05, 0) is 76.0 Å². The lowest BCUT2D eigenvalue weighted by Crippen LogP contribution is -2.55. The molecule has 6 heteroatoms. The van der Waals surface area contributed by atoms with Crippen molar-refractivity contribution in [2.24, 2.45) is 5.92 Å². The predicted octanol–water partition coefficient (Wildman–Crippen LogP) is 4.78. The Morgan fingerprint density at radius 1 is 0.970 bits per heavy atom. The third kappa shape index (κ3) is 5.93. The molecule has 0 saturated carbocycles. The molecule has 176 valence electrons. The Kier molecular flexibility index (Phi) is 7.65. The molecule has 0 aliphatic carbocycles. The highest BCUT2D eigenvalue weighted by Gasteiger charge is 2.43. The minimum atomic E-state index is -0.251. The van der Waals surface area contributed by atoms with E-state index in [0.29, 0.717) is 19.4 Å². The normalized spacial score (nSPS) is 22.2. The molecule has 1 amide bonds. The number of carbonyl (C=O) groups excluding carboxylic acids is 2. The van der Waals surface area contributed by atoms with Crippen molar-refractivity contribution in [3.8, 4) is 5.75 Å². The highest BCUT2D eigenvalue weighted by atomic mass is 16.6. The molecule has 2 unspecified atom stereocenters. The van der Waals surface area contributed by atoms with Crippen molar-refractivity contribution in [1.82, 2.24) is 9.80 Å². The van der Waals surface area contributed by atoms with Crippen molar-refractivity contribution < 1.29 is 19.1 Å². The summed E-state index contributed by atoms with van der Waals surface area (Å²) in [6.07, 6.45) is 4.11. The smallest absolute Gasteiger partial charge is 0.410 e. The topological polar surface area (TPSA) is 59.1 Å². The van der Waals surface area contributed by atoms with Crippen LogP contribution in [0.15, 0.2) is 54.6 Å². The van der Waals surface area contributed by atoms with E-state index in [1.165, 1.54) is 0 Å². The SMILES string of the molecule is CN(C)CCOc1ccc(C(=O)C2CC3CCCC(C2)N3C(=O)OCc2ccccc2)cc1. The van der Waals surface area contributed by atoms with Crippen molar-refractivity contribution in [1.29, 1.82) is 0 Å². The Morgan fingerprint density at radius 3 is 2.27 bits per heavy atom. The van der Waals surface area contributed by atoms with Gasteiger partial charge in [-0.3, -0.25) is 4.79 Å². The number of ether oxygens (including phenoxy) is 2. The van der Waals surface area contributed by atoms with E-state index in [9.17, 15) is 9.59 Å². The fraction of sp³-hybridized carbons (Fsp3) is 0.481. The maximum atomic E-state index is 13.3. The second-order valence-electron chi connectivity index (χ2n) is 9.39. The molecule has 2 atom stereocenters. The third-order valence-corrected chi connectivity index (χ3v) is 6.71. The van der Waals surface area contributed by atoms with Crippen LogP contribution in [0.3, 0.4) is 0 Å². The van der Waals surface area contributed by atoms with E-state index in [-0.39, 0.29) is 36.5 Å². The number of likely N-dealkylation sites (N-methyl/N-ethyl adjacent to an activating group) is 1. The lowest BCUT2D eigenvalue weighted by molar-refractivity contribution is 0.00472. The average Bonchev–Trinajstić information content (AvgIpc) is 2.82. The second kappa shape index (κ2) is 10.8. The van der Waals surface area contributed by atoms with Crippen molar-refractivity contribution >= 4 is 11.9 Å². The lowest BCUT2D eigenvalue weighted by Gasteiger charge is -2.47. The quantitative estimate of drug-likeness (QED) is 0.542. The maximum absolute atomic E-state index is 13.3. The molecule has 0 radical (unpaired) electrons. The van der Waals surface area contributed by atoms with Gasteiger partial charge < -0.3 is 19.3 Å². The van der Waals surface area contributed by atoms with Crippen LogP contribution in [-0.2, 0) is 11.3 Å². The minimum Gasteiger partial charge on any atom is -0.492 e. The Labute approximate surface area is 196 Å². The monoisotopic (exact) mass is 450 g/mol. The molecule has 0 N–H and O–H groups in total. The number of amides is 1. The molecule has 0 spiro atoms. The van der Waals surface area contributed by atoms with E-state index in [1.54, 1.807) is 0 Å². The number of ketones is 1. The summed E-state index contributed by atoms with van der Waals surface area (Å²) in [5, 5.41) is 0. The van der Waals surface area contributed by atoms with Gasteiger partial charge in [0.05, 0.1) is 0 Å². The van der Waals surface area contributed by atoms with E-state index >= 15 is 0 Å². The molecular formula is C27H34N2O4. The van der Waals surface area contributed by atoms with Gasteiger partial charge in [-0.15, -0.1) is 0 Å². The Balaban J connectivity index is 1.34. The standard InChI is InChI=1S/C27H34N2O4/c1-28(2)15-16-32-25-13-11-21(12-14-25)26(30)22-17-23-9-6-10-24(18-22)29(23)27(31)33-19-20-7-4-3-5-8-20/h3-5,7-8,11-14,22-24H,6,9-10,15-19H2,1-2H3. The number of benzene rings is 2. The fourth-order valence-corrected chi connectivity index (χ4v) is 4.98. The summed E-state index contributed by atoms with van der Waals surface area (Å²) in [5.74, 6) is 0.893. The molecule has 2 aliphatic rings. The molecule has 2 aromatic carbocycles. The minimum absolute atomic E-state index is 0.0565. The number of piperidine rings is 2. The largest absolute Gasteiger partial charge is 0.492 e. The average molecular weight is 451 g/mol. The van der Waals surface area contributed by atoms with E-state index in [4.69, 9.17) is 9.47 Å². The molecule has 33 heavy (non-hydrogen) atoms. The number of hydrogen-bond acceptors (Lipinski definition) is 5. The first-order chi connectivity index (χ1) is 16.0. The first-order valence-electron chi connectivity index (χ1n) is 11.9. The van der Waals surface area contributed by atoms with Crippen molar-refractivity contribution in [2.45, 2.75) is 50.8 Å². The highest BCUT2D eigenvalue weighted by Crippen LogP contribution is 2.39. The molecule has 0 aromatic heterocycles. The molecule has 2 bridgehead atoms. The van der Waals surface area contributed by atoms with Crippen LogP contribution < -0.4 is 4.74 Å². The van der Waals surface area contributed by atoms with Crippen molar-refractivity contribution in [3.63, 3.8) is 0 Å². The van der Waals surface area contributed by atoms with Gasteiger partial charge in [-0.2, -0.15) is 0 Å². The van der Waals surface area contributed by atoms with E-state index in [2.05, 4.69) is 4.90 Å². The molecule has 2 aromatic rings. The predicted molar refractivity (Wildman–Crippen MR) is 127 cm³/mol. The summed E-state index contributed by atoms with van der Waals surface area (Å²) in [7, 11) is 4.02. The number of rotatable bonds is 8. The molecule has 4 rings (SSSR count). The lowest BCUT2D eigenvalue weighted by atomic mass is 9.76. The van der Waals surface area contributed by atoms with Crippen LogP contribution in [0.5, 0.6) is 5.75 Å². The first kappa shape index (κ1) is 23.3. The summed E-state index contributed by atoms with van der Waals surface area (Å²) < 4.78 is 11.4. The summed E-state index contributed by atoms with van der Waals surface area (Å²) in [4.78, 5) is 30.1. The number of nitrogens with zero attached hydrogens (tertiary/aromatic N) is 2. The van der Waals surface area contributed by atoms with Gasteiger partial charge in [-0.1, -0.05) is 30.3 Å². The summed E-state index contributed by atoms with van der Waals surface area (Å²) in [6.45, 7) is 1.74. The molecule has 2 fully saturated rings. The second-order valence-corrected chi connectivity index (χ2v) is 9.39. The Bertz CT molecular complexity index is 915. The van der Waals surface area contributed by atoms with E-state index in [1.807, 2.05) is 73.6 Å². The molecule has 2 heterocycles. The fourth-order valence-electron chi connectivity index (χ4n) is 4.98. The van der Waals surface area contributed by atoms with Crippen LogP contribution in [0.25, 0.3) is 0 Å². The van der Waals surface area contributed by atoms with Gasteiger partial charge in [0.15, 0.2) is 5.78 Å². The van der Waals surface area contributed by atoms with Crippen LogP contribution in [0.2, 0.25) is 0 Å². The Hall–Kier alpha value is -2.86. The van der Waals surface area contributed by atoms with Crippen LogP contribution in [0, 0.1) is 5.92 Å².